The predicted molar refractivity (Wildman–Crippen MR) is 89.1 cm³/mol. The third-order valence-corrected chi connectivity index (χ3v) is 3.47. The van der Waals surface area contributed by atoms with Crippen LogP contribution in [-0.4, -0.2) is 0 Å². The van der Waals surface area contributed by atoms with Crippen LogP contribution in [0.5, 0.6) is 0 Å². The highest BCUT2D eigenvalue weighted by Crippen LogP contribution is 2.15. The first-order valence-electron chi connectivity index (χ1n) is 7.35. The van der Waals surface area contributed by atoms with Crippen LogP contribution in [0.1, 0.15) is 25.0 Å². The van der Waals surface area contributed by atoms with Gasteiger partial charge in [-0.3, -0.25) is 0 Å². The fourth-order valence-electron chi connectivity index (χ4n) is 2.17. The Morgan fingerprint density at radius 3 is 1.75 bits per heavy atom. The van der Waals surface area contributed by atoms with E-state index in [9.17, 15) is 0 Å². The van der Waals surface area contributed by atoms with Crippen molar-refractivity contribution < 1.29 is 0 Å². The Morgan fingerprint density at radius 1 is 0.550 bits per heavy atom. The van der Waals surface area contributed by atoms with E-state index in [-0.39, 0.29) is 0 Å². The summed E-state index contributed by atoms with van der Waals surface area (Å²) in [5.41, 5.74) is 2.82. The summed E-state index contributed by atoms with van der Waals surface area (Å²) in [7, 11) is 0. The third kappa shape index (κ3) is 3.96. The summed E-state index contributed by atoms with van der Waals surface area (Å²) in [5, 5.41) is 2.67. The van der Waals surface area contributed by atoms with E-state index >= 15 is 0 Å². The summed E-state index contributed by atoms with van der Waals surface area (Å²) >= 11 is 0. The molecule has 20 heavy (non-hydrogen) atoms. The Morgan fingerprint density at radius 2 is 1.15 bits per heavy atom. The Bertz CT molecular complexity index is 638. The lowest BCUT2D eigenvalue weighted by Gasteiger charge is -1.99. The molecular formula is C20H22. The molecule has 0 bridgehead atoms. The van der Waals surface area contributed by atoms with E-state index < -0.39 is 0 Å². The summed E-state index contributed by atoms with van der Waals surface area (Å²) < 4.78 is 0. The van der Waals surface area contributed by atoms with Gasteiger partial charge in [-0.25, -0.2) is 0 Å². The van der Waals surface area contributed by atoms with E-state index in [2.05, 4.69) is 80.6 Å². The summed E-state index contributed by atoms with van der Waals surface area (Å²) in [6.07, 6.45) is 2.26. The van der Waals surface area contributed by atoms with Crippen LogP contribution in [0.4, 0.5) is 0 Å². The lowest BCUT2D eigenvalue weighted by atomic mass is 10.1. The first-order valence-corrected chi connectivity index (χ1v) is 7.35. The zero-order valence-electron chi connectivity index (χ0n) is 12.3. The molecule has 3 aromatic rings. The van der Waals surface area contributed by atoms with E-state index in [0.29, 0.717) is 0 Å². The molecule has 0 radical (unpaired) electrons. The van der Waals surface area contributed by atoms with Crippen LogP contribution in [0.25, 0.3) is 10.8 Å². The minimum Gasteiger partial charge on any atom is -0.0622 e. The number of hydrogen-bond donors (Lipinski definition) is 0. The van der Waals surface area contributed by atoms with Crippen LogP contribution >= 0.6 is 0 Å². The standard InChI is InChI=1S/C12H12.C8H10/c1-2-10-7-8-11-5-3-4-6-12(11)9-10;1-2-8-6-4-3-5-7-8/h3-9H,2H2,1H3;3-7H,2H2,1H3. The van der Waals surface area contributed by atoms with E-state index in [4.69, 9.17) is 0 Å². The average molecular weight is 262 g/mol. The largest absolute Gasteiger partial charge is 0.0622 e. The lowest BCUT2D eigenvalue weighted by Crippen LogP contribution is -1.79. The van der Waals surface area contributed by atoms with Crippen LogP contribution in [0, 0.1) is 0 Å². The quantitative estimate of drug-likeness (QED) is 0.559. The predicted octanol–water partition coefficient (Wildman–Crippen LogP) is 5.65. The van der Waals surface area contributed by atoms with Gasteiger partial charge in [0.2, 0.25) is 0 Å². The minimum absolute atomic E-state index is 1.12. The summed E-state index contributed by atoms with van der Waals surface area (Å²) in [4.78, 5) is 0. The Balaban J connectivity index is 0.000000160. The second-order valence-corrected chi connectivity index (χ2v) is 4.87. The fraction of sp³-hybridized carbons (Fsp3) is 0.200. The second kappa shape index (κ2) is 7.49. The van der Waals surface area contributed by atoms with Crippen molar-refractivity contribution in [1.82, 2.24) is 0 Å². The molecule has 102 valence electrons. The maximum absolute atomic E-state index is 2.26. The van der Waals surface area contributed by atoms with Crippen LogP contribution < -0.4 is 0 Å². The zero-order chi connectivity index (χ0) is 14.2. The molecule has 0 aliphatic heterocycles. The second-order valence-electron chi connectivity index (χ2n) is 4.87. The van der Waals surface area contributed by atoms with Crippen molar-refractivity contribution in [3.8, 4) is 0 Å². The number of hydrogen-bond acceptors (Lipinski definition) is 0. The van der Waals surface area contributed by atoms with Gasteiger partial charge in [-0.2, -0.15) is 0 Å². The van der Waals surface area contributed by atoms with E-state index in [1.54, 1.807) is 0 Å². The van der Waals surface area contributed by atoms with Crippen molar-refractivity contribution in [2.45, 2.75) is 26.7 Å². The minimum atomic E-state index is 1.12. The van der Waals surface area contributed by atoms with E-state index in [1.165, 1.54) is 21.9 Å². The number of aryl methyl sites for hydroxylation is 2. The molecule has 0 unspecified atom stereocenters. The summed E-state index contributed by atoms with van der Waals surface area (Å²) in [5.74, 6) is 0. The normalized spacial score (nSPS) is 9.90. The van der Waals surface area contributed by atoms with Crippen molar-refractivity contribution >= 4 is 10.8 Å². The molecule has 0 saturated heterocycles. The summed E-state index contributed by atoms with van der Waals surface area (Å²) in [6, 6.07) is 25.6. The van der Waals surface area contributed by atoms with Crippen molar-refractivity contribution in [2.75, 3.05) is 0 Å². The highest BCUT2D eigenvalue weighted by molar-refractivity contribution is 5.82. The van der Waals surface area contributed by atoms with Crippen LogP contribution in [0.2, 0.25) is 0 Å². The molecule has 0 heterocycles. The highest BCUT2D eigenvalue weighted by Gasteiger charge is 1.92. The van der Waals surface area contributed by atoms with Gasteiger partial charge in [0, 0.05) is 0 Å². The number of rotatable bonds is 2. The Labute approximate surface area is 122 Å². The molecule has 0 spiro atoms. The maximum Gasteiger partial charge on any atom is -0.0181 e. The zero-order valence-corrected chi connectivity index (χ0v) is 12.3. The molecular weight excluding hydrogens is 240 g/mol. The van der Waals surface area contributed by atoms with Crippen LogP contribution in [0.15, 0.2) is 72.8 Å². The fourth-order valence-corrected chi connectivity index (χ4v) is 2.17. The first-order chi connectivity index (χ1) is 9.83. The molecule has 0 aliphatic rings. The van der Waals surface area contributed by atoms with E-state index in [0.717, 1.165) is 12.8 Å². The van der Waals surface area contributed by atoms with Crippen molar-refractivity contribution in [2.24, 2.45) is 0 Å². The number of fused-ring (bicyclic) bond motifs is 1. The molecule has 0 N–H and O–H groups in total. The molecule has 3 aromatic carbocycles. The van der Waals surface area contributed by atoms with Gasteiger partial charge in [-0.05, 0) is 34.7 Å². The monoisotopic (exact) mass is 262 g/mol. The number of benzene rings is 3. The lowest BCUT2D eigenvalue weighted by molar-refractivity contribution is 1.14. The van der Waals surface area contributed by atoms with Crippen LogP contribution in [0.3, 0.4) is 0 Å². The average Bonchev–Trinajstić information content (AvgIpc) is 2.55. The van der Waals surface area contributed by atoms with Gasteiger partial charge in [-0.1, -0.05) is 86.6 Å². The first kappa shape index (κ1) is 14.3. The SMILES string of the molecule is CCc1ccc2ccccc2c1.CCc1ccccc1. The smallest absolute Gasteiger partial charge is 0.0181 e. The molecule has 0 aromatic heterocycles. The van der Waals surface area contributed by atoms with Crippen molar-refractivity contribution in [3.63, 3.8) is 0 Å². The topological polar surface area (TPSA) is 0 Å². The van der Waals surface area contributed by atoms with Gasteiger partial charge < -0.3 is 0 Å². The van der Waals surface area contributed by atoms with Gasteiger partial charge in [0.15, 0.2) is 0 Å². The van der Waals surface area contributed by atoms with Crippen molar-refractivity contribution in [3.05, 3.63) is 83.9 Å². The highest BCUT2D eigenvalue weighted by atomic mass is 14.0. The maximum atomic E-state index is 2.26. The van der Waals surface area contributed by atoms with Gasteiger partial charge in [-0.15, -0.1) is 0 Å². The van der Waals surface area contributed by atoms with Gasteiger partial charge in [0.05, 0.1) is 0 Å². The third-order valence-electron chi connectivity index (χ3n) is 3.47. The molecule has 0 atom stereocenters. The van der Waals surface area contributed by atoms with Gasteiger partial charge in [0.1, 0.15) is 0 Å². The molecule has 0 aliphatic carbocycles. The van der Waals surface area contributed by atoms with Gasteiger partial charge in [0.25, 0.3) is 0 Å². The molecule has 0 saturated carbocycles. The van der Waals surface area contributed by atoms with Gasteiger partial charge >= 0.3 is 0 Å². The molecule has 0 heteroatoms. The molecule has 0 fully saturated rings. The Kier molecular flexibility index (Phi) is 5.37. The molecule has 0 nitrogen and oxygen atoms in total. The summed E-state index contributed by atoms with van der Waals surface area (Å²) in [6.45, 7) is 4.35. The Hall–Kier alpha value is -2.08. The molecule has 0 amide bonds. The molecule has 3 rings (SSSR count). The van der Waals surface area contributed by atoms with E-state index in [1.807, 2.05) is 6.07 Å². The van der Waals surface area contributed by atoms with Crippen molar-refractivity contribution in [1.29, 1.82) is 0 Å². The van der Waals surface area contributed by atoms with Crippen LogP contribution in [-0.2, 0) is 12.8 Å².